The van der Waals surface area contributed by atoms with E-state index < -0.39 is 0 Å². The summed E-state index contributed by atoms with van der Waals surface area (Å²) in [5, 5.41) is 3.89. The van der Waals surface area contributed by atoms with Gasteiger partial charge >= 0.3 is 5.97 Å². The number of carbonyl (C=O) groups is 1. The lowest BCUT2D eigenvalue weighted by molar-refractivity contribution is 0.0527. The Morgan fingerprint density at radius 3 is 2.84 bits per heavy atom. The average molecular weight is 260 g/mol. The van der Waals surface area contributed by atoms with Gasteiger partial charge in [0.1, 0.15) is 11.3 Å². The maximum Gasteiger partial charge on any atom is 0.341 e. The Hall–Kier alpha value is -2.30. The molecule has 0 unspecified atom stereocenters. The summed E-state index contributed by atoms with van der Waals surface area (Å²) in [4.78, 5) is 16.1. The highest BCUT2D eigenvalue weighted by molar-refractivity contribution is 6.05. The molecule has 1 aromatic heterocycles. The molecule has 0 spiro atoms. The quantitative estimate of drug-likeness (QED) is 0.856. The summed E-state index contributed by atoms with van der Waals surface area (Å²) in [5.74, 6) is 0.350. The monoisotopic (exact) mass is 260 g/mol. The smallest absolute Gasteiger partial charge is 0.341 e. The number of rotatable bonds is 4. The molecule has 5 nitrogen and oxygen atoms in total. The standard InChI is InChI=1S/C14H16N2O3/c1-4-19-14(17)11-8-16-12-7-9(18-3)5-6-10(12)13(11)15-2/h5-8H,4H2,1-3H3,(H,15,16). The van der Waals surface area contributed by atoms with Gasteiger partial charge in [-0.3, -0.25) is 4.98 Å². The summed E-state index contributed by atoms with van der Waals surface area (Å²) in [7, 11) is 3.37. The van der Waals surface area contributed by atoms with Crippen LogP contribution in [-0.2, 0) is 4.74 Å². The van der Waals surface area contributed by atoms with Crippen LogP contribution in [0.3, 0.4) is 0 Å². The van der Waals surface area contributed by atoms with Gasteiger partial charge in [0.25, 0.3) is 0 Å². The maximum absolute atomic E-state index is 11.9. The van der Waals surface area contributed by atoms with Crippen LogP contribution in [0.15, 0.2) is 24.4 Å². The van der Waals surface area contributed by atoms with E-state index in [4.69, 9.17) is 9.47 Å². The number of pyridine rings is 1. The van der Waals surface area contributed by atoms with Crippen LogP contribution in [0.25, 0.3) is 10.9 Å². The van der Waals surface area contributed by atoms with Crippen molar-refractivity contribution in [3.63, 3.8) is 0 Å². The summed E-state index contributed by atoms with van der Waals surface area (Å²) < 4.78 is 10.2. The number of methoxy groups -OCH3 is 1. The molecule has 2 rings (SSSR count). The first-order valence-electron chi connectivity index (χ1n) is 6.02. The lowest BCUT2D eigenvalue weighted by atomic mass is 10.1. The molecule has 19 heavy (non-hydrogen) atoms. The van der Waals surface area contributed by atoms with Gasteiger partial charge in [-0.2, -0.15) is 0 Å². The molecule has 0 aliphatic rings. The fraction of sp³-hybridized carbons (Fsp3) is 0.286. The van der Waals surface area contributed by atoms with Gasteiger partial charge in [-0.05, 0) is 19.1 Å². The van der Waals surface area contributed by atoms with Gasteiger partial charge in [0.15, 0.2) is 0 Å². The number of benzene rings is 1. The third-order valence-electron chi connectivity index (χ3n) is 2.82. The molecule has 0 aliphatic heterocycles. The average Bonchev–Trinajstić information content (AvgIpc) is 2.45. The van der Waals surface area contributed by atoms with Gasteiger partial charge in [0, 0.05) is 24.7 Å². The highest BCUT2D eigenvalue weighted by Gasteiger charge is 2.15. The molecule has 1 aromatic carbocycles. The fourth-order valence-corrected chi connectivity index (χ4v) is 1.93. The van der Waals surface area contributed by atoms with Crippen molar-refractivity contribution in [2.24, 2.45) is 0 Å². The number of hydrogen-bond donors (Lipinski definition) is 1. The third-order valence-corrected chi connectivity index (χ3v) is 2.82. The first-order chi connectivity index (χ1) is 9.21. The molecule has 1 N–H and O–H groups in total. The number of hydrogen-bond acceptors (Lipinski definition) is 5. The van der Waals surface area contributed by atoms with Gasteiger partial charge in [-0.15, -0.1) is 0 Å². The Balaban J connectivity index is 2.59. The number of esters is 1. The van der Waals surface area contributed by atoms with E-state index in [1.807, 2.05) is 18.2 Å². The topological polar surface area (TPSA) is 60.5 Å². The Morgan fingerprint density at radius 1 is 1.42 bits per heavy atom. The molecule has 0 fully saturated rings. The number of ether oxygens (including phenoxy) is 2. The van der Waals surface area contributed by atoms with E-state index in [1.54, 1.807) is 21.1 Å². The molecule has 5 heteroatoms. The molecular weight excluding hydrogens is 244 g/mol. The SMILES string of the molecule is CCOC(=O)c1cnc2cc(OC)ccc2c1NC. The van der Waals surface area contributed by atoms with Crippen molar-refractivity contribution in [1.82, 2.24) is 4.98 Å². The van der Waals surface area contributed by atoms with Gasteiger partial charge in [0.05, 0.1) is 24.9 Å². The number of anilines is 1. The number of fused-ring (bicyclic) bond motifs is 1. The molecule has 1 heterocycles. The van der Waals surface area contributed by atoms with Crippen LogP contribution in [-0.4, -0.2) is 31.7 Å². The van der Waals surface area contributed by atoms with Crippen molar-refractivity contribution in [1.29, 1.82) is 0 Å². The van der Waals surface area contributed by atoms with E-state index in [1.165, 1.54) is 6.20 Å². The van der Waals surface area contributed by atoms with Crippen molar-refractivity contribution < 1.29 is 14.3 Å². The van der Waals surface area contributed by atoms with Crippen LogP contribution in [0.4, 0.5) is 5.69 Å². The van der Waals surface area contributed by atoms with E-state index in [0.717, 1.165) is 16.7 Å². The van der Waals surface area contributed by atoms with Crippen LogP contribution < -0.4 is 10.1 Å². The van der Waals surface area contributed by atoms with E-state index >= 15 is 0 Å². The van der Waals surface area contributed by atoms with Crippen LogP contribution in [0, 0.1) is 0 Å². The van der Waals surface area contributed by atoms with Gasteiger partial charge in [-0.25, -0.2) is 4.79 Å². The minimum atomic E-state index is -0.378. The van der Waals surface area contributed by atoms with Crippen LogP contribution in [0.2, 0.25) is 0 Å². The molecule has 0 aliphatic carbocycles. The first kappa shape index (κ1) is 13.1. The summed E-state index contributed by atoms with van der Waals surface area (Å²) in [6, 6.07) is 5.53. The summed E-state index contributed by atoms with van der Waals surface area (Å²) in [6.45, 7) is 2.11. The Kier molecular flexibility index (Phi) is 3.85. The molecule has 0 saturated heterocycles. The molecular formula is C14H16N2O3. The molecule has 0 radical (unpaired) electrons. The predicted octanol–water partition coefficient (Wildman–Crippen LogP) is 2.46. The largest absolute Gasteiger partial charge is 0.497 e. The van der Waals surface area contributed by atoms with Crippen molar-refractivity contribution in [2.45, 2.75) is 6.92 Å². The third kappa shape index (κ3) is 2.45. The fourth-order valence-electron chi connectivity index (χ4n) is 1.93. The zero-order valence-corrected chi connectivity index (χ0v) is 11.2. The zero-order valence-electron chi connectivity index (χ0n) is 11.2. The second kappa shape index (κ2) is 5.56. The summed E-state index contributed by atoms with van der Waals surface area (Å²) >= 11 is 0. The molecule has 0 saturated carbocycles. The van der Waals surface area contributed by atoms with Gasteiger partial charge in [0.2, 0.25) is 0 Å². The van der Waals surface area contributed by atoms with Gasteiger partial charge in [-0.1, -0.05) is 0 Å². The molecule has 0 amide bonds. The highest BCUT2D eigenvalue weighted by Crippen LogP contribution is 2.28. The van der Waals surface area contributed by atoms with E-state index in [9.17, 15) is 4.79 Å². The summed E-state index contributed by atoms with van der Waals surface area (Å²) in [6.07, 6.45) is 1.52. The minimum absolute atomic E-state index is 0.336. The summed E-state index contributed by atoms with van der Waals surface area (Å²) in [5.41, 5.74) is 1.91. The number of nitrogens with zero attached hydrogens (tertiary/aromatic N) is 1. The van der Waals surface area contributed by atoms with Crippen molar-refractivity contribution in [2.75, 3.05) is 26.1 Å². The van der Waals surface area contributed by atoms with E-state index in [0.29, 0.717) is 17.9 Å². The van der Waals surface area contributed by atoms with Crippen LogP contribution in [0.1, 0.15) is 17.3 Å². The minimum Gasteiger partial charge on any atom is -0.497 e. The van der Waals surface area contributed by atoms with Gasteiger partial charge < -0.3 is 14.8 Å². The van der Waals surface area contributed by atoms with Crippen LogP contribution >= 0.6 is 0 Å². The van der Waals surface area contributed by atoms with E-state index in [-0.39, 0.29) is 5.97 Å². The second-order valence-corrected chi connectivity index (χ2v) is 3.90. The van der Waals surface area contributed by atoms with Crippen molar-refractivity contribution in [3.8, 4) is 5.75 Å². The maximum atomic E-state index is 11.9. The number of aromatic nitrogens is 1. The van der Waals surface area contributed by atoms with E-state index in [2.05, 4.69) is 10.3 Å². The zero-order chi connectivity index (χ0) is 13.8. The molecule has 2 aromatic rings. The predicted molar refractivity (Wildman–Crippen MR) is 73.8 cm³/mol. The van der Waals surface area contributed by atoms with Crippen molar-refractivity contribution >= 4 is 22.6 Å². The van der Waals surface area contributed by atoms with Crippen LogP contribution in [0.5, 0.6) is 5.75 Å². The highest BCUT2D eigenvalue weighted by atomic mass is 16.5. The number of carbonyl (C=O) groups excluding carboxylic acids is 1. The molecule has 0 atom stereocenters. The Morgan fingerprint density at radius 2 is 2.21 bits per heavy atom. The lowest BCUT2D eigenvalue weighted by Crippen LogP contribution is -2.09. The molecule has 100 valence electrons. The second-order valence-electron chi connectivity index (χ2n) is 3.90. The Bertz CT molecular complexity index is 611. The Labute approximate surface area is 111 Å². The van der Waals surface area contributed by atoms with Crippen molar-refractivity contribution in [3.05, 3.63) is 30.0 Å². The number of nitrogens with one attached hydrogen (secondary N) is 1. The first-order valence-corrected chi connectivity index (χ1v) is 6.02. The normalized spacial score (nSPS) is 10.3. The lowest BCUT2D eigenvalue weighted by Gasteiger charge is -2.11. The molecule has 0 bridgehead atoms.